The van der Waals surface area contributed by atoms with Crippen molar-refractivity contribution in [2.24, 2.45) is 0 Å². The van der Waals surface area contributed by atoms with Crippen molar-refractivity contribution in [1.29, 1.82) is 0 Å². The van der Waals surface area contributed by atoms with Crippen molar-refractivity contribution in [1.82, 2.24) is 15.8 Å². The number of nitrogens with one attached hydrogen (secondary N) is 2. The molecule has 2 aromatic carbocycles. The van der Waals surface area contributed by atoms with Gasteiger partial charge in [0.1, 0.15) is 11.6 Å². The number of carbonyl (C=O) groups is 3. The number of hydrogen-bond acceptors (Lipinski definition) is 5. The SMILES string of the molecule is C[C@H](Oc1ccc(F)cc1)C(=O)NNC(=O)c1ccccc1SCC(=O)N(C)C. The van der Waals surface area contributed by atoms with Crippen LogP contribution in [0, 0.1) is 5.82 Å². The molecule has 7 nitrogen and oxygen atoms in total. The maximum absolute atomic E-state index is 12.9. The summed E-state index contributed by atoms with van der Waals surface area (Å²) in [4.78, 5) is 38.4. The lowest BCUT2D eigenvalue weighted by Crippen LogP contribution is -2.47. The average molecular weight is 419 g/mol. The van der Waals surface area contributed by atoms with E-state index in [1.54, 1.807) is 38.4 Å². The minimum absolute atomic E-state index is 0.0784. The van der Waals surface area contributed by atoms with E-state index >= 15 is 0 Å². The lowest BCUT2D eigenvalue weighted by atomic mass is 10.2. The van der Waals surface area contributed by atoms with Crippen LogP contribution in [0.4, 0.5) is 4.39 Å². The molecule has 0 heterocycles. The van der Waals surface area contributed by atoms with Crippen molar-refractivity contribution in [2.75, 3.05) is 19.8 Å². The average Bonchev–Trinajstić information content (AvgIpc) is 2.71. The summed E-state index contributed by atoms with van der Waals surface area (Å²) in [5.74, 6) is -1.07. The Labute approximate surface area is 172 Å². The highest BCUT2D eigenvalue weighted by Crippen LogP contribution is 2.22. The van der Waals surface area contributed by atoms with Gasteiger partial charge in [-0.3, -0.25) is 25.2 Å². The predicted molar refractivity (Wildman–Crippen MR) is 108 cm³/mol. The Morgan fingerprint density at radius 1 is 1.07 bits per heavy atom. The Morgan fingerprint density at radius 2 is 1.72 bits per heavy atom. The smallest absolute Gasteiger partial charge is 0.279 e. The van der Waals surface area contributed by atoms with Crippen LogP contribution in [0.2, 0.25) is 0 Å². The molecule has 0 aliphatic heterocycles. The quantitative estimate of drug-likeness (QED) is 0.531. The molecule has 0 aliphatic carbocycles. The molecule has 29 heavy (non-hydrogen) atoms. The predicted octanol–water partition coefficient (Wildman–Crippen LogP) is 2.23. The van der Waals surface area contributed by atoms with Gasteiger partial charge in [0.25, 0.3) is 11.8 Å². The van der Waals surface area contributed by atoms with E-state index in [0.29, 0.717) is 16.2 Å². The molecule has 0 saturated carbocycles. The topological polar surface area (TPSA) is 87.7 Å². The van der Waals surface area contributed by atoms with E-state index < -0.39 is 23.7 Å². The molecule has 0 aromatic heterocycles. The Hall–Kier alpha value is -3.07. The van der Waals surface area contributed by atoms with E-state index in [1.807, 2.05) is 0 Å². The number of carbonyl (C=O) groups excluding carboxylic acids is 3. The molecule has 0 fully saturated rings. The number of nitrogens with zero attached hydrogens (tertiary/aromatic N) is 1. The van der Waals surface area contributed by atoms with Crippen LogP contribution in [0.1, 0.15) is 17.3 Å². The van der Waals surface area contributed by atoms with Crippen molar-refractivity contribution in [2.45, 2.75) is 17.9 Å². The monoisotopic (exact) mass is 419 g/mol. The van der Waals surface area contributed by atoms with Crippen LogP contribution in [-0.2, 0) is 9.59 Å². The molecule has 0 saturated heterocycles. The molecule has 154 valence electrons. The summed E-state index contributed by atoms with van der Waals surface area (Å²) in [7, 11) is 3.32. The molecular weight excluding hydrogens is 397 g/mol. The largest absolute Gasteiger partial charge is 0.481 e. The Kier molecular flexibility index (Phi) is 8.02. The van der Waals surface area contributed by atoms with Crippen LogP contribution in [0.15, 0.2) is 53.4 Å². The maximum Gasteiger partial charge on any atom is 0.279 e. The van der Waals surface area contributed by atoms with Crippen molar-refractivity contribution >= 4 is 29.5 Å². The van der Waals surface area contributed by atoms with Crippen molar-refractivity contribution in [3.05, 3.63) is 59.9 Å². The molecular formula is C20H22FN3O4S. The first-order valence-corrected chi connectivity index (χ1v) is 9.71. The van der Waals surface area contributed by atoms with Gasteiger partial charge in [-0.25, -0.2) is 4.39 Å². The van der Waals surface area contributed by atoms with Gasteiger partial charge in [0, 0.05) is 19.0 Å². The fourth-order valence-electron chi connectivity index (χ4n) is 2.11. The van der Waals surface area contributed by atoms with Crippen molar-refractivity contribution < 1.29 is 23.5 Å². The van der Waals surface area contributed by atoms with Crippen molar-refractivity contribution in [3.63, 3.8) is 0 Å². The summed E-state index contributed by atoms with van der Waals surface area (Å²) < 4.78 is 18.3. The van der Waals surface area contributed by atoms with Gasteiger partial charge in [-0.1, -0.05) is 12.1 Å². The lowest BCUT2D eigenvalue weighted by Gasteiger charge is -2.16. The second-order valence-corrected chi connectivity index (χ2v) is 7.25. The third-order valence-corrected chi connectivity index (χ3v) is 4.83. The van der Waals surface area contributed by atoms with E-state index in [9.17, 15) is 18.8 Å². The van der Waals surface area contributed by atoms with Crippen LogP contribution < -0.4 is 15.6 Å². The Morgan fingerprint density at radius 3 is 2.38 bits per heavy atom. The van der Waals surface area contributed by atoms with Crippen LogP contribution in [0.5, 0.6) is 5.75 Å². The zero-order valence-electron chi connectivity index (χ0n) is 16.3. The number of ether oxygens (including phenoxy) is 1. The van der Waals surface area contributed by atoms with E-state index in [0.717, 1.165) is 0 Å². The molecule has 0 unspecified atom stereocenters. The number of amides is 3. The van der Waals surface area contributed by atoms with Gasteiger partial charge in [-0.15, -0.1) is 11.8 Å². The van der Waals surface area contributed by atoms with Gasteiger partial charge in [0.05, 0.1) is 11.3 Å². The molecule has 2 aromatic rings. The van der Waals surface area contributed by atoms with Gasteiger partial charge in [-0.05, 0) is 43.3 Å². The summed E-state index contributed by atoms with van der Waals surface area (Å²) in [6.07, 6.45) is -0.914. The van der Waals surface area contributed by atoms with Crippen LogP contribution in [-0.4, -0.2) is 48.6 Å². The van der Waals surface area contributed by atoms with Crippen molar-refractivity contribution in [3.8, 4) is 5.75 Å². The fourth-order valence-corrected chi connectivity index (χ4v) is 3.14. The minimum atomic E-state index is -0.914. The minimum Gasteiger partial charge on any atom is -0.481 e. The summed E-state index contributed by atoms with van der Waals surface area (Å²) in [6.45, 7) is 1.50. The molecule has 0 radical (unpaired) electrons. The first-order chi connectivity index (χ1) is 13.8. The molecule has 3 amide bonds. The molecule has 0 aliphatic rings. The van der Waals surface area contributed by atoms with Gasteiger partial charge < -0.3 is 9.64 Å². The zero-order chi connectivity index (χ0) is 21.4. The van der Waals surface area contributed by atoms with Gasteiger partial charge in [-0.2, -0.15) is 0 Å². The normalized spacial score (nSPS) is 11.3. The highest BCUT2D eigenvalue weighted by atomic mass is 32.2. The molecule has 0 spiro atoms. The second-order valence-electron chi connectivity index (χ2n) is 6.23. The fraction of sp³-hybridized carbons (Fsp3) is 0.250. The van der Waals surface area contributed by atoms with Crippen LogP contribution in [0.3, 0.4) is 0 Å². The summed E-state index contributed by atoms with van der Waals surface area (Å²) >= 11 is 1.24. The van der Waals surface area contributed by atoms with Crippen LogP contribution >= 0.6 is 11.8 Å². The highest BCUT2D eigenvalue weighted by Gasteiger charge is 2.18. The standard InChI is InChI=1S/C20H22FN3O4S/c1-13(28-15-10-8-14(21)9-11-15)19(26)22-23-20(27)16-6-4-5-7-17(16)29-12-18(25)24(2)3/h4-11,13H,12H2,1-3H3,(H,22,26)(H,23,27)/t13-/m0/s1. The number of halogens is 1. The third kappa shape index (κ3) is 6.79. The van der Waals surface area contributed by atoms with Crippen LogP contribution in [0.25, 0.3) is 0 Å². The maximum atomic E-state index is 12.9. The molecule has 0 bridgehead atoms. The van der Waals surface area contributed by atoms with Gasteiger partial charge >= 0.3 is 0 Å². The molecule has 9 heteroatoms. The Bertz CT molecular complexity index is 874. The Balaban J connectivity index is 1.92. The summed E-state index contributed by atoms with van der Waals surface area (Å²) in [5.41, 5.74) is 4.97. The van der Waals surface area contributed by atoms with E-state index in [4.69, 9.17) is 4.74 Å². The van der Waals surface area contributed by atoms with Gasteiger partial charge in [0.15, 0.2) is 6.10 Å². The van der Waals surface area contributed by atoms with Gasteiger partial charge in [0.2, 0.25) is 5.91 Å². The zero-order valence-corrected chi connectivity index (χ0v) is 17.1. The molecule has 2 rings (SSSR count). The number of hydrazine groups is 1. The second kappa shape index (κ2) is 10.5. The number of benzene rings is 2. The summed E-state index contributed by atoms with van der Waals surface area (Å²) in [6, 6.07) is 12.0. The molecule has 1 atom stereocenters. The van der Waals surface area contributed by atoms with E-state index in [1.165, 1.54) is 47.9 Å². The summed E-state index contributed by atoms with van der Waals surface area (Å²) in [5, 5.41) is 0. The number of thioether (sulfide) groups is 1. The number of hydrogen-bond donors (Lipinski definition) is 2. The first-order valence-electron chi connectivity index (χ1n) is 8.72. The lowest BCUT2D eigenvalue weighted by molar-refractivity contribution is -0.128. The highest BCUT2D eigenvalue weighted by molar-refractivity contribution is 8.00. The van der Waals surface area contributed by atoms with E-state index in [-0.39, 0.29) is 11.7 Å². The molecule has 2 N–H and O–H groups in total. The number of rotatable bonds is 7. The third-order valence-electron chi connectivity index (χ3n) is 3.78. The first kappa shape index (κ1) is 22.2. The van der Waals surface area contributed by atoms with E-state index in [2.05, 4.69) is 10.9 Å².